The molecule has 2 aromatic heterocycles. The molecule has 1 aliphatic rings. The summed E-state index contributed by atoms with van der Waals surface area (Å²) in [5.74, 6) is -0.679. The smallest absolute Gasteiger partial charge is 0.345 e. The summed E-state index contributed by atoms with van der Waals surface area (Å²) in [4.78, 5) is 33.1. The average Bonchev–Trinajstić information content (AvgIpc) is 3.19. The van der Waals surface area contributed by atoms with Crippen LogP contribution in [0.2, 0.25) is 0 Å². The van der Waals surface area contributed by atoms with Crippen molar-refractivity contribution in [2.45, 2.75) is 32.0 Å². The van der Waals surface area contributed by atoms with Crippen molar-refractivity contribution in [3.63, 3.8) is 0 Å². The molecule has 0 radical (unpaired) electrons. The molecule has 2 heterocycles. The lowest BCUT2D eigenvalue weighted by Crippen LogP contribution is -2.27. The molecule has 1 aliphatic carbocycles. The van der Waals surface area contributed by atoms with Crippen molar-refractivity contribution in [1.29, 1.82) is 0 Å². The van der Waals surface area contributed by atoms with E-state index in [1.165, 1.54) is 23.5 Å². The normalized spacial score (nSPS) is 13.7. The average molecular weight is 393 g/mol. The van der Waals surface area contributed by atoms with Crippen LogP contribution in [0.4, 0.5) is 13.2 Å². The van der Waals surface area contributed by atoms with Crippen molar-refractivity contribution in [2.75, 3.05) is 0 Å². The molecule has 0 saturated carbocycles. The molecule has 0 fully saturated rings. The Morgan fingerprint density at radius 1 is 1.22 bits per heavy atom. The molecule has 0 spiro atoms. The summed E-state index contributed by atoms with van der Waals surface area (Å²) in [5, 5.41) is 3.13. The van der Waals surface area contributed by atoms with Gasteiger partial charge in [-0.1, -0.05) is 12.1 Å². The number of hydrogen-bond acceptors (Lipinski definition) is 4. The molecule has 0 unspecified atom stereocenters. The molecular formula is C18H14F3N3O2S. The number of H-pyrrole nitrogens is 1. The van der Waals surface area contributed by atoms with Gasteiger partial charge in [0.15, 0.2) is 0 Å². The van der Waals surface area contributed by atoms with Crippen LogP contribution in [0.5, 0.6) is 0 Å². The number of aromatic amines is 1. The fraction of sp³-hybridized carbons (Fsp3) is 0.278. The lowest BCUT2D eigenvalue weighted by Gasteiger charge is -2.08. The minimum Gasteiger partial charge on any atom is -0.345 e. The van der Waals surface area contributed by atoms with E-state index >= 15 is 0 Å². The van der Waals surface area contributed by atoms with E-state index < -0.39 is 17.6 Å². The minimum atomic E-state index is -4.40. The Balaban J connectivity index is 1.51. The molecule has 5 nitrogen and oxygen atoms in total. The standard InChI is InChI=1S/C18H14F3N3O2S/c19-18(20,21)10-6-4-9(5-7-10)8-22-16(26)14-23-15(25)13-11-2-1-3-12(11)27-17(13)24-14/h4-7H,1-3,8H2,(H,22,26)(H,23,24,25). The third-order valence-electron chi connectivity index (χ3n) is 4.52. The van der Waals surface area contributed by atoms with Gasteiger partial charge in [0.05, 0.1) is 10.9 Å². The summed E-state index contributed by atoms with van der Waals surface area (Å²) < 4.78 is 37.7. The van der Waals surface area contributed by atoms with Gasteiger partial charge in [-0.3, -0.25) is 9.59 Å². The van der Waals surface area contributed by atoms with Gasteiger partial charge >= 0.3 is 6.18 Å². The first-order valence-electron chi connectivity index (χ1n) is 8.32. The van der Waals surface area contributed by atoms with Crippen molar-refractivity contribution < 1.29 is 18.0 Å². The van der Waals surface area contributed by atoms with Gasteiger partial charge in [-0.15, -0.1) is 11.3 Å². The molecule has 9 heteroatoms. The second-order valence-electron chi connectivity index (χ2n) is 6.33. The van der Waals surface area contributed by atoms with Gasteiger partial charge in [0, 0.05) is 11.4 Å². The predicted molar refractivity (Wildman–Crippen MR) is 94.9 cm³/mol. The first kappa shape index (κ1) is 17.7. The number of alkyl halides is 3. The Bertz CT molecular complexity index is 1080. The van der Waals surface area contributed by atoms with Crippen molar-refractivity contribution in [3.8, 4) is 0 Å². The molecule has 0 bridgehead atoms. The third kappa shape index (κ3) is 3.34. The zero-order chi connectivity index (χ0) is 19.2. The maximum atomic E-state index is 12.6. The third-order valence-corrected chi connectivity index (χ3v) is 5.71. The van der Waals surface area contributed by atoms with Crippen LogP contribution in [0.1, 0.15) is 38.6 Å². The van der Waals surface area contributed by atoms with Crippen LogP contribution in [-0.2, 0) is 25.6 Å². The molecule has 1 aromatic carbocycles. The van der Waals surface area contributed by atoms with E-state index in [9.17, 15) is 22.8 Å². The van der Waals surface area contributed by atoms with Crippen LogP contribution >= 0.6 is 11.3 Å². The lowest BCUT2D eigenvalue weighted by molar-refractivity contribution is -0.137. The first-order valence-corrected chi connectivity index (χ1v) is 9.13. The molecule has 140 valence electrons. The number of aryl methyl sites for hydroxylation is 2. The second kappa shape index (κ2) is 6.49. The van der Waals surface area contributed by atoms with Crippen molar-refractivity contribution >= 4 is 27.5 Å². The number of carbonyl (C=O) groups is 1. The van der Waals surface area contributed by atoms with E-state index in [1.807, 2.05) is 0 Å². The van der Waals surface area contributed by atoms with E-state index in [2.05, 4.69) is 15.3 Å². The number of fused-ring (bicyclic) bond motifs is 3. The molecule has 3 aromatic rings. The highest BCUT2D eigenvalue weighted by atomic mass is 32.1. The predicted octanol–water partition coefficient (Wildman–Crippen LogP) is 3.42. The SMILES string of the molecule is O=C(NCc1ccc(C(F)(F)F)cc1)c1nc2sc3c(c2c(=O)[nH]1)CCC3. The Labute approximate surface area is 155 Å². The Morgan fingerprint density at radius 3 is 2.67 bits per heavy atom. The zero-order valence-electron chi connectivity index (χ0n) is 13.9. The molecule has 2 N–H and O–H groups in total. The van der Waals surface area contributed by atoms with E-state index in [0.29, 0.717) is 15.8 Å². The van der Waals surface area contributed by atoms with Crippen LogP contribution in [0, 0.1) is 0 Å². The molecule has 1 amide bonds. The molecule has 4 rings (SSSR count). The summed E-state index contributed by atoms with van der Waals surface area (Å²) in [7, 11) is 0. The maximum absolute atomic E-state index is 12.6. The van der Waals surface area contributed by atoms with E-state index in [4.69, 9.17) is 0 Å². The van der Waals surface area contributed by atoms with Gasteiger partial charge in [-0.2, -0.15) is 13.2 Å². The van der Waals surface area contributed by atoms with Crippen molar-refractivity contribution in [2.24, 2.45) is 0 Å². The number of amides is 1. The molecule has 27 heavy (non-hydrogen) atoms. The van der Waals surface area contributed by atoms with Gasteiger partial charge in [0.1, 0.15) is 4.83 Å². The minimum absolute atomic E-state index is 0.0274. The molecule has 0 aliphatic heterocycles. The number of nitrogens with one attached hydrogen (secondary N) is 2. The Morgan fingerprint density at radius 2 is 1.96 bits per heavy atom. The van der Waals surface area contributed by atoms with Gasteiger partial charge in [-0.25, -0.2) is 4.98 Å². The number of nitrogens with zero attached hydrogens (tertiary/aromatic N) is 1. The topological polar surface area (TPSA) is 74.8 Å². The van der Waals surface area contributed by atoms with E-state index in [-0.39, 0.29) is 17.9 Å². The highest BCUT2D eigenvalue weighted by Crippen LogP contribution is 2.34. The quantitative estimate of drug-likeness (QED) is 0.716. The fourth-order valence-electron chi connectivity index (χ4n) is 3.19. The van der Waals surface area contributed by atoms with E-state index in [1.54, 1.807) is 0 Å². The van der Waals surface area contributed by atoms with Gasteiger partial charge in [0.2, 0.25) is 5.82 Å². The summed E-state index contributed by atoms with van der Waals surface area (Å²) >= 11 is 1.43. The second-order valence-corrected chi connectivity index (χ2v) is 7.41. The van der Waals surface area contributed by atoms with Gasteiger partial charge in [0.25, 0.3) is 11.5 Å². The molecule has 0 saturated heterocycles. The van der Waals surface area contributed by atoms with Gasteiger partial charge < -0.3 is 10.3 Å². The Hall–Kier alpha value is -2.68. The summed E-state index contributed by atoms with van der Waals surface area (Å²) in [6.45, 7) is 0.0274. The monoisotopic (exact) mass is 393 g/mol. The van der Waals surface area contributed by atoms with Gasteiger partial charge in [-0.05, 0) is 42.5 Å². The number of benzene rings is 1. The summed E-state index contributed by atoms with van der Waals surface area (Å²) in [6.07, 6.45) is -1.61. The molecule has 0 atom stereocenters. The van der Waals surface area contributed by atoms with Crippen LogP contribution < -0.4 is 10.9 Å². The van der Waals surface area contributed by atoms with E-state index in [0.717, 1.165) is 41.8 Å². The number of aromatic nitrogens is 2. The summed E-state index contributed by atoms with van der Waals surface area (Å²) in [6, 6.07) is 4.51. The molecular weight excluding hydrogens is 379 g/mol. The van der Waals surface area contributed by atoms with Crippen LogP contribution in [0.3, 0.4) is 0 Å². The largest absolute Gasteiger partial charge is 0.416 e. The fourth-order valence-corrected chi connectivity index (χ4v) is 4.45. The Kier molecular flexibility index (Phi) is 4.26. The number of hydrogen-bond donors (Lipinski definition) is 2. The zero-order valence-corrected chi connectivity index (χ0v) is 14.8. The number of rotatable bonds is 3. The maximum Gasteiger partial charge on any atom is 0.416 e. The number of thiophene rings is 1. The van der Waals surface area contributed by atoms with Crippen molar-refractivity contribution in [3.05, 3.63) is 62.0 Å². The van der Waals surface area contributed by atoms with Crippen LogP contribution in [-0.4, -0.2) is 15.9 Å². The van der Waals surface area contributed by atoms with Crippen LogP contribution in [0.15, 0.2) is 29.1 Å². The highest BCUT2D eigenvalue weighted by Gasteiger charge is 2.30. The lowest BCUT2D eigenvalue weighted by atomic mass is 10.1. The highest BCUT2D eigenvalue weighted by molar-refractivity contribution is 7.18. The number of carbonyl (C=O) groups excluding carboxylic acids is 1. The first-order chi connectivity index (χ1) is 12.8. The van der Waals surface area contributed by atoms with Crippen molar-refractivity contribution in [1.82, 2.24) is 15.3 Å². The summed E-state index contributed by atoms with van der Waals surface area (Å²) in [5.41, 5.74) is 0.453. The number of halogens is 3. The van der Waals surface area contributed by atoms with Crippen LogP contribution in [0.25, 0.3) is 10.2 Å².